The van der Waals surface area contributed by atoms with Crippen molar-refractivity contribution in [1.29, 1.82) is 0 Å². The molecule has 4 heteroatoms. The van der Waals surface area contributed by atoms with Gasteiger partial charge >= 0.3 is 0 Å². The molecule has 0 unspecified atom stereocenters. The largest absolute Gasteiger partial charge is 0.508 e. The third-order valence-electron chi connectivity index (χ3n) is 5.90. The molecule has 1 heterocycles. The Morgan fingerprint density at radius 1 is 0.679 bits per heavy atom. The Morgan fingerprint density at radius 2 is 1.11 bits per heavy atom. The summed E-state index contributed by atoms with van der Waals surface area (Å²) >= 11 is 0. The lowest BCUT2D eigenvalue weighted by Crippen LogP contribution is -2.47. The molecule has 0 aliphatic carbocycles. The number of phenols is 2. The van der Waals surface area contributed by atoms with Crippen LogP contribution in [0.4, 0.5) is 0 Å². The summed E-state index contributed by atoms with van der Waals surface area (Å²) in [5.74, 6) is 0.661. The molecule has 0 bridgehead atoms. The Bertz CT molecular complexity index is 887. The molecule has 0 aromatic heterocycles. The summed E-state index contributed by atoms with van der Waals surface area (Å²) in [5, 5.41) is 20.6. The van der Waals surface area contributed by atoms with Crippen molar-refractivity contribution in [2.75, 3.05) is 13.1 Å². The molecule has 3 aromatic carbocycles. The minimum absolute atomic E-state index is 0.331. The molecule has 1 saturated heterocycles. The van der Waals surface area contributed by atoms with Gasteiger partial charge in [-0.2, -0.15) is 0 Å². The van der Waals surface area contributed by atoms with Gasteiger partial charge in [-0.1, -0.05) is 66.7 Å². The summed E-state index contributed by atoms with van der Waals surface area (Å²) in [6.07, 6.45) is 0. The Labute approximate surface area is 166 Å². The SMILES string of the molecule is CC1(c2ccccc2)N(Cc2ccccc2O)CCN1Cc1ccccc1O. The zero-order valence-corrected chi connectivity index (χ0v) is 16.1. The zero-order chi connectivity index (χ0) is 19.6. The molecular weight excluding hydrogens is 348 g/mol. The van der Waals surface area contributed by atoms with Gasteiger partial charge in [0.25, 0.3) is 0 Å². The molecular formula is C24H26N2O2. The molecule has 1 fully saturated rings. The van der Waals surface area contributed by atoms with Crippen LogP contribution in [0.5, 0.6) is 11.5 Å². The van der Waals surface area contributed by atoms with Crippen molar-refractivity contribution in [2.24, 2.45) is 0 Å². The summed E-state index contributed by atoms with van der Waals surface area (Å²) in [7, 11) is 0. The van der Waals surface area contributed by atoms with Crippen LogP contribution in [0.3, 0.4) is 0 Å². The second-order valence-corrected chi connectivity index (χ2v) is 7.49. The number of hydrogen-bond acceptors (Lipinski definition) is 4. The van der Waals surface area contributed by atoms with E-state index in [2.05, 4.69) is 41.0 Å². The van der Waals surface area contributed by atoms with E-state index >= 15 is 0 Å². The Hall–Kier alpha value is -2.82. The van der Waals surface area contributed by atoms with E-state index in [4.69, 9.17) is 0 Å². The van der Waals surface area contributed by atoms with Gasteiger partial charge in [0.15, 0.2) is 0 Å². The van der Waals surface area contributed by atoms with Gasteiger partial charge < -0.3 is 10.2 Å². The van der Waals surface area contributed by atoms with Crippen LogP contribution in [-0.4, -0.2) is 33.1 Å². The number of para-hydroxylation sites is 2. The van der Waals surface area contributed by atoms with Crippen LogP contribution in [-0.2, 0) is 18.8 Å². The highest BCUT2D eigenvalue weighted by molar-refractivity contribution is 5.35. The van der Waals surface area contributed by atoms with Gasteiger partial charge in [-0.05, 0) is 24.6 Å². The lowest BCUT2D eigenvalue weighted by atomic mass is 9.97. The van der Waals surface area contributed by atoms with Gasteiger partial charge in [0.2, 0.25) is 0 Å². The molecule has 0 saturated carbocycles. The maximum absolute atomic E-state index is 10.3. The van der Waals surface area contributed by atoms with Crippen LogP contribution < -0.4 is 0 Å². The first kappa shape index (κ1) is 18.5. The average Bonchev–Trinajstić information content (AvgIpc) is 3.03. The predicted molar refractivity (Wildman–Crippen MR) is 111 cm³/mol. The minimum Gasteiger partial charge on any atom is -0.508 e. The molecule has 0 amide bonds. The Balaban J connectivity index is 1.69. The molecule has 4 nitrogen and oxygen atoms in total. The highest BCUT2D eigenvalue weighted by atomic mass is 16.3. The van der Waals surface area contributed by atoms with Crippen molar-refractivity contribution in [3.05, 3.63) is 95.6 Å². The quantitative estimate of drug-likeness (QED) is 0.699. The lowest BCUT2D eigenvalue weighted by Gasteiger charge is -2.42. The van der Waals surface area contributed by atoms with Gasteiger partial charge in [-0.3, -0.25) is 9.80 Å². The van der Waals surface area contributed by atoms with E-state index in [9.17, 15) is 10.2 Å². The molecule has 28 heavy (non-hydrogen) atoms. The molecule has 0 atom stereocenters. The van der Waals surface area contributed by atoms with E-state index in [0.29, 0.717) is 24.6 Å². The second kappa shape index (κ2) is 7.66. The summed E-state index contributed by atoms with van der Waals surface area (Å²) in [6.45, 7) is 5.32. The molecule has 0 spiro atoms. The number of nitrogens with zero attached hydrogens (tertiary/aromatic N) is 2. The van der Waals surface area contributed by atoms with Crippen molar-refractivity contribution in [3.63, 3.8) is 0 Å². The van der Waals surface area contributed by atoms with Crippen molar-refractivity contribution >= 4 is 0 Å². The molecule has 2 N–H and O–H groups in total. The molecule has 1 aliphatic rings. The van der Waals surface area contributed by atoms with E-state index in [1.807, 2.05) is 42.5 Å². The molecule has 0 radical (unpaired) electrons. The first-order valence-electron chi connectivity index (χ1n) is 9.68. The van der Waals surface area contributed by atoms with Crippen LogP contribution in [0.25, 0.3) is 0 Å². The lowest BCUT2D eigenvalue weighted by molar-refractivity contribution is 0.0153. The smallest absolute Gasteiger partial charge is 0.120 e. The first-order chi connectivity index (χ1) is 13.6. The molecule has 1 aliphatic heterocycles. The van der Waals surface area contributed by atoms with E-state index in [-0.39, 0.29) is 5.66 Å². The monoisotopic (exact) mass is 374 g/mol. The van der Waals surface area contributed by atoms with Gasteiger partial charge in [0, 0.05) is 37.3 Å². The summed E-state index contributed by atoms with van der Waals surface area (Å²) < 4.78 is 0. The maximum Gasteiger partial charge on any atom is 0.120 e. The topological polar surface area (TPSA) is 46.9 Å². The van der Waals surface area contributed by atoms with Gasteiger partial charge in [0.05, 0.1) is 5.66 Å². The van der Waals surface area contributed by atoms with Crippen LogP contribution in [0.2, 0.25) is 0 Å². The van der Waals surface area contributed by atoms with Crippen LogP contribution in [0.15, 0.2) is 78.9 Å². The minimum atomic E-state index is -0.341. The van der Waals surface area contributed by atoms with Crippen LogP contribution in [0.1, 0.15) is 23.6 Å². The predicted octanol–water partition coefficient (Wildman–Crippen LogP) is 4.29. The van der Waals surface area contributed by atoms with E-state index in [0.717, 1.165) is 24.2 Å². The number of aromatic hydroxyl groups is 2. The standard InChI is InChI=1S/C24H26N2O2/c1-24(21-11-3-2-4-12-21)25(17-19-9-5-7-13-22(19)27)15-16-26(24)18-20-10-6-8-14-23(20)28/h2-14,27-28H,15-18H2,1H3. The van der Waals surface area contributed by atoms with Crippen molar-refractivity contribution in [1.82, 2.24) is 9.80 Å². The van der Waals surface area contributed by atoms with Gasteiger partial charge in [0.1, 0.15) is 11.5 Å². The second-order valence-electron chi connectivity index (χ2n) is 7.49. The van der Waals surface area contributed by atoms with Gasteiger partial charge in [-0.25, -0.2) is 0 Å². The van der Waals surface area contributed by atoms with Crippen LogP contribution in [0, 0.1) is 0 Å². The normalized spacial score (nSPS) is 17.0. The highest BCUT2D eigenvalue weighted by Crippen LogP contribution is 2.40. The third-order valence-corrected chi connectivity index (χ3v) is 5.90. The third kappa shape index (κ3) is 3.37. The van der Waals surface area contributed by atoms with Crippen molar-refractivity contribution in [3.8, 4) is 11.5 Å². The number of benzene rings is 3. The number of hydrogen-bond donors (Lipinski definition) is 2. The Morgan fingerprint density at radius 3 is 1.57 bits per heavy atom. The fourth-order valence-corrected chi connectivity index (χ4v) is 4.16. The van der Waals surface area contributed by atoms with Crippen LogP contribution >= 0.6 is 0 Å². The number of rotatable bonds is 5. The Kier molecular flexibility index (Phi) is 5.07. The summed E-state index contributed by atoms with van der Waals surface area (Å²) in [6, 6.07) is 25.5. The molecule has 144 valence electrons. The number of phenolic OH excluding ortho intramolecular Hbond substituents is 2. The summed E-state index contributed by atoms with van der Waals surface area (Å²) in [5.41, 5.74) is 2.72. The fourth-order valence-electron chi connectivity index (χ4n) is 4.16. The summed E-state index contributed by atoms with van der Waals surface area (Å²) in [4.78, 5) is 4.80. The van der Waals surface area contributed by atoms with Gasteiger partial charge in [-0.15, -0.1) is 0 Å². The average molecular weight is 374 g/mol. The van der Waals surface area contributed by atoms with E-state index < -0.39 is 0 Å². The van der Waals surface area contributed by atoms with E-state index in [1.165, 1.54) is 5.56 Å². The highest BCUT2D eigenvalue weighted by Gasteiger charge is 2.44. The first-order valence-corrected chi connectivity index (χ1v) is 9.68. The fraction of sp³-hybridized carbons (Fsp3) is 0.250. The van der Waals surface area contributed by atoms with E-state index in [1.54, 1.807) is 12.1 Å². The molecule has 3 aromatic rings. The van der Waals surface area contributed by atoms with Crippen molar-refractivity contribution in [2.45, 2.75) is 25.7 Å². The molecule has 4 rings (SSSR count). The maximum atomic E-state index is 10.3. The zero-order valence-electron chi connectivity index (χ0n) is 16.1. The van der Waals surface area contributed by atoms with Crippen molar-refractivity contribution < 1.29 is 10.2 Å².